The second-order valence-electron chi connectivity index (χ2n) is 5.50. The second kappa shape index (κ2) is 6.63. The Morgan fingerprint density at radius 3 is 2.39 bits per heavy atom. The van der Waals surface area contributed by atoms with Gasteiger partial charge in [-0.25, -0.2) is 0 Å². The van der Waals surface area contributed by atoms with Gasteiger partial charge in [0.2, 0.25) is 0 Å². The van der Waals surface area contributed by atoms with E-state index in [9.17, 15) is 0 Å². The summed E-state index contributed by atoms with van der Waals surface area (Å²) in [5.74, 6) is 1.57. The molecule has 0 aliphatic heterocycles. The average Bonchev–Trinajstić information content (AvgIpc) is 2.41. The van der Waals surface area contributed by atoms with Gasteiger partial charge in [0.15, 0.2) is 0 Å². The van der Waals surface area contributed by atoms with Gasteiger partial charge in [-0.3, -0.25) is 0 Å². The van der Waals surface area contributed by atoms with Crippen molar-refractivity contribution >= 4 is 5.69 Å². The van der Waals surface area contributed by atoms with Crippen LogP contribution in [0.4, 0.5) is 5.69 Å². The minimum atomic E-state index is 0.751. The molecule has 1 aromatic rings. The average molecular weight is 243 g/mol. The predicted octanol–water partition coefficient (Wildman–Crippen LogP) is 4.90. The zero-order valence-electron chi connectivity index (χ0n) is 11.4. The first-order chi connectivity index (χ1) is 8.79. The van der Waals surface area contributed by atoms with Gasteiger partial charge in [-0.1, -0.05) is 37.6 Å². The zero-order chi connectivity index (χ0) is 12.8. The first-order valence-electron chi connectivity index (χ1n) is 7.31. The van der Waals surface area contributed by atoms with Gasteiger partial charge in [0, 0.05) is 5.69 Å². The van der Waals surface area contributed by atoms with Crippen molar-refractivity contribution in [1.29, 1.82) is 0 Å². The number of benzene rings is 1. The van der Waals surface area contributed by atoms with Crippen molar-refractivity contribution in [3.8, 4) is 0 Å². The van der Waals surface area contributed by atoms with E-state index in [1.165, 1.54) is 44.1 Å². The van der Waals surface area contributed by atoms with Crippen molar-refractivity contribution in [1.82, 2.24) is 0 Å². The molecular weight excluding hydrogens is 218 g/mol. The van der Waals surface area contributed by atoms with Crippen molar-refractivity contribution in [2.75, 3.05) is 5.73 Å². The summed E-state index contributed by atoms with van der Waals surface area (Å²) in [5, 5.41) is 0. The van der Waals surface area contributed by atoms with Crippen molar-refractivity contribution in [2.24, 2.45) is 5.92 Å². The lowest BCUT2D eigenvalue weighted by molar-refractivity contribution is 0.375. The summed E-state index contributed by atoms with van der Waals surface area (Å²) in [7, 11) is 0. The molecule has 1 aliphatic rings. The minimum Gasteiger partial charge on any atom is -0.399 e. The number of allylic oxidation sites excluding steroid dienone is 2. The Labute approximate surface area is 111 Å². The molecular formula is C17H25N. The standard InChI is InChI=1S/C17H25N/c1-2-3-4-5-14-6-8-15(9-7-14)16-10-12-17(18)13-11-16/h4-5,10-15H,2-3,6-9,18H2,1H3/b5-4+/t14-,15-. The van der Waals surface area contributed by atoms with Crippen LogP contribution in [0.1, 0.15) is 56.9 Å². The number of rotatable bonds is 4. The molecule has 0 radical (unpaired) electrons. The molecule has 2 N–H and O–H groups in total. The molecule has 0 atom stereocenters. The summed E-state index contributed by atoms with van der Waals surface area (Å²) < 4.78 is 0. The van der Waals surface area contributed by atoms with Crippen LogP contribution in [0.15, 0.2) is 36.4 Å². The Morgan fingerprint density at radius 2 is 1.78 bits per heavy atom. The lowest BCUT2D eigenvalue weighted by Gasteiger charge is -2.27. The molecule has 0 spiro atoms. The quantitative estimate of drug-likeness (QED) is 0.591. The number of anilines is 1. The SMILES string of the molecule is CCC/C=C/[C@H]1CC[C@H](c2ccc(N)cc2)CC1. The Hall–Kier alpha value is -1.24. The topological polar surface area (TPSA) is 26.0 Å². The minimum absolute atomic E-state index is 0.751. The highest BCUT2D eigenvalue weighted by Crippen LogP contribution is 2.36. The molecule has 0 saturated heterocycles. The lowest BCUT2D eigenvalue weighted by Crippen LogP contribution is -2.11. The van der Waals surface area contributed by atoms with E-state index >= 15 is 0 Å². The first kappa shape index (κ1) is 13.2. The van der Waals surface area contributed by atoms with Gasteiger partial charge in [-0.05, 0) is 61.6 Å². The van der Waals surface area contributed by atoms with E-state index in [-0.39, 0.29) is 0 Å². The molecule has 1 aliphatic carbocycles. The van der Waals surface area contributed by atoms with Crippen LogP contribution >= 0.6 is 0 Å². The summed E-state index contributed by atoms with van der Waals surface area (Å²) in [4.78, 5) is 0. The fraction of sp³-hybridized carbons (Fsp3) is 0.529. The molecule has 0 bridgehead atoms. The van der Waals surface area contributed by atoms with Crippen LogP contribution < -0.4 is 5.73 Å². The van der Waals surface area contributed by atoms with E-state index in [0.717, 1.165) is 17.5 Å². The van der Waals surface area contributed by atoms with E-state index in [0.29, 0.717) is 0 Å². The summed E-state index contributed by atoms with van der Waals surface area (Å²) in [6.07, 6.45) is 12.6. The Bertz CT molecular complexity index is 369. The van der Waals surface area contributed by atoms with Gasteiger partial charge >= 0.3 is 0 Å². The summed E-state index contributed by atoms with van der Waals surface area (Å²) in [5.41, 5.74) is 8.08. The van der Waals surface area contributed by atoms with Gasteiger partial charge in [0.1, 0.15) is 0 Å². The molecule has 1 aromatic carbocycles. The summed E-state index contributed by atoms with van der Waals surface area (Å²) in [6.45, 7) is 2.24. The molecule has 1 fully saturated rings. The molecule has 18 heavy (non-hydrogen) atoms. The molecule has 1 heteroatoms. The van der Waals surface area contributed by atoms with Crippen LogP contribution in [0.3, 0.4) is 0 Å². The number of nitrogen functional groups attached to an aromatic ring is 1. The molecule has 1 saturated carbocycles. The number of unbranched alkanes of at least 4 members (excludes halogenated alkanes) is 1. The van der Waals surface area contributed by atoms with Gasteiger partial charge in [0.25, 0.3) is 0 Å². The third kappa shape index (κ3) is 3.63. The van der Waals surface area contributed by atoms with Crippen LogP contribution in [0.2, 0.25) is 0 Å². The third-order valence-electron chi connectivity index (χ3n) is 4.04. The van der Waals surface area contributed by atoms with E-state index in [4.69, 9.17) is 5.73 Å². The third-order valence-corrected chi connectivity index (χ3v) is 4.04. The Morgan fingerprint density at radius 1 is 1.11 bits per heavy atom. The van der Waals surface area contributed by atoms with Gasteiger partial charge in [-0.2, -0.15) is 0 Å². The Kier molecular flexibility index (Phi) is 4.86. The summed E-state index contributed by atoms with van der Waals surface area (Å²) in [6, 6.07) is 8.46. The maximum atomic E-state index is 5.74. The Balaban J connectivity index is 1.84. The van der Waals surface area contributed by atoms with E-state index in [2.05, 4.69) is 31.2 Å². The fourth-order valence-corrected chi connectivity index (χ4v) is 2.87. The van der Waals surface area contributed by atoms with Crippen LogP contribution in [-0.4, -0.2) is 0 Å². The van der Waals surface area contributed by atoms with Crippen molar-refractivity contribution < 1.29 is 0 Å². The normalized spacial score (nSPS) is 24.5. The zero-order valence-corrected chi connectivity index (χ0v) is 11.4. The smallest absolute Gasteiger partial charge is 0.0314 e. The maximum Gasteiger partial charge on any atom is 0.0314 e. The van der Waals surface area contributed by atoms with E-state index in [1.54, 1.807) is 0 Å². The van der Waals surface area contributed by atoms with Crippen molar-refractivity contribution in [2.45, 2.75) is 51.4 Å². The van der Waals surface area contributed by atoms with Gasteiger partial charge in [-0.15, -0.1) is 0 Å². The molecule has 1 nitrogen and oxygen atoms in total. The molecule has 98 valence electrons. The first-order valence-corrected chi connectivity index (χ1v) is 7.31. The highest BCUT2D eigenvalue weighted by Gasteiger charge is 2.20. The van der Waals surface area contributed by atoms with Crippen molar-refractivity contribution in [3.05, 3.63) is 42.0 Å². The van der Waals surface area contributed by atoms with Gasteiger partial charge in [0.05, 0.1) is 0 Å². The molecule has 0 heterocycles. The molecule has 2 rings (SSSR count). The monoisotopic (exact) mass is 243 g/mol. The molecule has 0 unspecified atom stereocenters. The largest absolute Gasteiger partial charge is 0.399 e. The summed E-state index contributed by atoms with van der Waals surface area (Å²) >= 11 is 0. The van der Waals surface area contributed by atoms with Gasteiger partial charge < -0.3 is 5.73 Å². The molecule has 0 aromatic heterocycles. The second-order valence-corrected chi connectivity index (χ2v) is 5.50. The van der Waals surface area contributed by atoms with E-state index in [1.807, 2.05) is 12.1 Å². The lowest BCUT2D eigenvalue weighted by atomic mass is 9.78. The van der Waals surface area contributed by atoms with Crippen LogP contribution in [-0.2, 0) is 0 Å². The fourth-order valence-electron chi connectivity index (χ4n) is 2.87. The number of hydrogen-bond acceptors (Lipinski definition) is 1. The van der Waals surface area contributed by atoms with Crippen molar-refractivity contribution in [3.63, 3.8) is 0 Å². The number of hydrogen-bond donors (Lipinski definition) is 1. The molecule has 0 amide bonds. The van der Waals surface area contributed by atoms with Crippen LogP contribution in [0, 0.1) is 5.92 Å². The highest BCUT2D eigenvalue weighted by molar-refractivity contribution is 5.40. The number of nitrogens with two attached hydrogens (primary N) is 1. The maximum absolute atomic E-state index is 5.74. The van der Waals surface area contributed by atoms with Crippen LogP contribution in [0.5, 0.6) is 0 Å². The predicted molar refractivity (Wildman–Crippen MR) is 79.6 cm³/mol. The van der Waals surface area contributed by atoms with E-state index < -0.39 is 0 Å². The van der Waals surface area contributed by atoms with Crippen LogP contribution in [0.25, 0.3) is 0 Å². The highest BCUT2D eigenvalue weighted by atomic mass is 14.5.